The number of rotatable bonds is 9. The lowest BCUT2D eigenvalue weighted by atomic mass is 10.2. The monoisotopic (exact) mass is 468 g/mol. The summed E-state index contributed by atoms with van der Waals surface area (Å²) in [6.07, 6.45) is -4.80. The first-order valence-corrected chi connectivity index (χ1v) is 10.1. The van der Waals surface area contributed by atoms with Gasteiger partial charge in [0.2, 0.25) is 11.8 Å². The number of ether oxygens (including phenoxy) is 2. The summed E-state index contributed by atoms with van der Waals surface area (Å²) >= 11 is 0.968. The number of nitrogens with zero attached hydrogens (tertiary/aromatic N) is 1. The summed E-state index contributed by atoms with van der Waals surface area (Å²) in [6.45, 7) is -0.0816. The number of carbonyl (C=O) groups excluding carboxylic acids is 2. The number of amides is 2. The molecule has 0 spiro atoms. The van der Waals surface area contributed by atoms with Crippen molar-refractivity contribution >= 4 is 38.5 Å². The molecule has 1 heterocycles. The lowest BCUT2D eigenvalue weighted by Gasteiger charge is -2.12. The van der Waals surface area contributed by atoms with E-state index in [4.69, 9.17) is 10.5 Å². The number of alkyl halides is 3. The number of carbonyl (C=O) groups is 2. The number of halogens is 3. The molecule has 0 saturated carbocycles. The highest BCUT2D eigenvalue weighted by Crippen LogP contribution is 2.31. The standard InChI is InChI=1S/C20H19F3N4O4S/c21-20(22,23)31-13-6-7-15-16(8-13)32-19(26-15)27-17(28)9-25-18(29)14(24)11-30-10-12-4-2-1-3-5-12/h1-8,14H,9-11,24H2,(H,25,29)(H,26,27,28)/t14-/m0/s1. The quantitative estimate of drug-likeness (QED) is 0.445. The summed E-state index contributed by atoms with van der Waals surface area (Å²) in [7, 11) is 0. The third-order valence-electron chi connectivity index (χ3n) is 4.01. The number of fused-ring (bicyclic) bond motifs is 1. The molecule has 4 N–H and O–H groups in total. The average molecular weight is 468 g/mol. The Balaban J connectivity index is 1.44. The summed E-state index contributed by atoms with van der Waals surface area (Å²) in [6, 6.07) is 12.1. The zero-order valence-corrected chi connectivity index (χ0v) is 17.3. The van der Waals surface area contributed by atoms with E-state index in [1.807, 2.05) is 30.3 Å². The molecular formula is C20H19F3N4O4S. The molecule has 2 amide bonds. The van der Waals surface area contributed by atoms with E-state index in [1.165, 1.54) is 12.1 Å². The van der Waals surface area contributed by atoms with E-state index < -0.39 is 24.2 Å². The third kappa shape index (κ3) is 7.18. The zero-order chi connectivity index (χ0) is 23.1. The Labute approximate surface area is 184 Å². The van der Waals surface area contributed by atoms with Gasteiger partial charge in [0.25, 0.3) is 0 Å². The predicted octanol–water partition coefficient (Wildman–Crippen LogP) is 2.79. The minimum Gasteiger partial charge on any atom is -0.406 e. The minimum absolute atomic E-state index is 0.0253. The molecule has 1 atom stereocenters. The Hall–Kier alpha value is -3.22. The fourth-order valence-electron chi connectivity index (χ4n) is 2.57. The first-order valence-electron chi connectivity index (χ1n) is 9.31. The second-order valence-electron chi connectivity index (χ2n) is 6.57. The lowest BCUT2D eigenvalue weighted by molar-refractivity contribution is -0.274. The smallest absolute Gasteiger partial charge is 0.406 e. The van der Waals surface area contributed by atoms with Gasteiger partial charge in [0, 0.05) is 6.07 Å². The van der Waals surface area contributed by atoms with Gasteiger partial charge < -0.3 is 25.8 Å². The molecule has 0 fully saturated rings. The topological polar surface area (TPSA) is 116 Å². The number of hydrogen-bond donors (Lipinski definition) is 3. The van der Waals surface area contributed by atoms with Gasteiger partial charge in [0.1, 0.15) is 11.8 Å². The number of nitrogens with one attached hydrogen (secondary N) is 2. The average Bonchev–Trinajstić information content (AvgIpc) is 3.12. The molecule has 2 aromatic carbocycles. The van der Waals surface area contributed by atoms with E-state index in [1.54, 1.807) is 0 Å². The maximum absolute atomic E-state index is 12.3. The Kier molecular flexibility index (Phi) is 7.62. The van der Waals surface area contributed by atoms with Gasteiger partial charge in [-0.2, -0.15) is 0 Å². The van der Waals surface area contributed by atoms with Gasteiger partial charge in [-0.3, -0.25) is 9.59 Å². The number of aromatic nitrogens is 1. The highest BCUT2D eigenvalue weighted by molar-refractivity contribution is 7.22. The molecule has 0 aliphatic heterocycles. The van der Waals surface area contributed by atoms with Crippen LogP contribution in [-0.4, -0.2) is 42.4 Å². The van der Waals surface area contributed by atoms with E-state index >= 15 is 0 Å². The maximum atomic E-state index is 12.3. The fraction of sp³-hybridized carbons (Fsp3) is 0.250. The van der Waals surface area contributed by atoms with Gasteiger partial charge in [-0.15, -0.1) is 13.2 Å². The van der Waals surface area contributed by atoms with Crippen LogP contribution in [0.3, 0.4) is 0 Å². The zero-order valence-electron chi connectivity index (χ0n) is 16.5. The number of hydrogen-bond acceptors (Lipinski definition) is 7. The van der Waals surface area contributed by atoms with Crippen molar-refractivity contribution in [3.05, 3.63) is 54.1 Å². The number of nitrogens with two attached hydrogens (primary N) is 1. The Bertz CT molecular complexity index is 1080. The molecule has 0 radical (unpaired) electrons. The summed E-state index contributed by atoms with van der Waals surface area (Å²) in [5, 5.41) is 5.04. The molecule has 8 nitrogen and oxygen atoms in total. The van der Waals surface area contributed by atoms with Crippen molar-refractivity contribution in [3.63, 3.8) is 0 Å². The highest BCUT2D eigenvalue weighted by Gasteiger charge is 2.31. The second-order valence-corrected chi connectivity index (χ2v) is 7.60. The van der Waals surface area contributed by atoms with Crippen LogP contribution in [0.25, 0.3) is 10.2 Å². The highest BCUT2D eigenvalue weighted by atomic mass is 32.1. The van der Waals surface area contributed by atoms with Crippen molar-refractivity contribution in [2.45, 2.75) is 19.0 Å². The Morgan fingerprint density at radius 1 is 1.16 bits per heavy atom. The largest absolute Gasteiger partial charge is 0.573 e. The van der Waals surface area contributed by atoms with Crippen LogP contribution in [0.2, 0.25) is 0 Å². The van der Waals surface area contributed by atoms with Crippen LogP contribution < -0.4 is 21.1 Å². The number of benzene rings is 2. The minimum atomic E-state index is -4.80. The summed E-state index contributed by atoms with van der Waals surface area (Å²) in [5.41, 5.74) is 7.09. The molecule has 0 saturated heterocycles. The summed E-state index contributed by atoms with van der Waals surface area (Å²) in [4.78, 5) is 28.2. The summed E-state index contributed by atoms with van der Waals surface area (Å²) < 4.78 is 46.6. The molecule has 0 aliphatic carbocycles. The number of thiazole rings is 1. The van der Waals surface area contributed by atoms with E-state index in [0.29, 0.717) is 16.8 Å². The van der Waals surface area contributed by atoms with Gasteiger partial charge in [-0.1, -0.05) is 41.7 Å². The first kappa shape index (κ1) is 23.4. The van der Waals surface area contributed by atoms with Crippen LogP contribution in [-0.2, 0) is 20.9 Å². The first-order chi connectivity index (χ1) is 15.2. The van der Waals surface area contributed by atoms with Gasteiger partial charge in [-0.25, -0.2) is 4.98 Å². The van der Waals surface area contributed by atoms with Crippen LogP contribution in [0.1, 0.15) is 5.56 Å². The molecule has 0 bridgehead atoms. The van der Waals surface area contributed by atoms with Crippen molar-refractivity contribution in [1.82, 2.24) is 10.3 Å². The van der Waals surface area contributed by atoms with E-state index in [9.17, 15) is 22.8 Å². The van der Waals surface area contributed by atoms with Crippen LogP contribution in [0, 0.1) is 0 Å². The van der Waals surface area contributed by atoms with Gasteiger partial charge in [-0.05, 0) is 17.7 Å². The van der Waals surface area contributed by atoms with Crippen molar-refractivity contribution in [1.29, 1.82) is 0 Å². The van der Waals surface area contributed by atoms with E-state index in [-0.39, 0.29) is 24.0 Å². The summed E-state index contributed by atoms with van der Waals surface area (Å²) in [5.74, 6) is -1.52. The Morgan fingerprint density at radius 2 is 1.91 bits per heavy atom. The van der Waals surface area contributed by atoms with Gasteiger partial charge in [0.05, 0.1) is 30.0 Å². The fourth-order valence-corrected chi connectivity index (χ4v) is 3.48. The Morgan fingerprint density at radius 3 is 2.62 bits per heavy atom. The van der Waals surface area contributed by atoms with E-state index in [2.05, 4.69) is 20.4 Å². The molecule has 0 unspecified atom stereocenters. The van der Waals surface area contributed by atoms with Crippen molar-refractivity contribution in [2.75, 3.05) is 18.5 Å². The molecule has 0 aliphatic rings. The molecule has 3 rings (SSSR count). The molecule has 1 aromatic heterocycles. The normalized spacial score (nSPS) is 12.4. The molecule has 3 aromatic rings. The molecular weight excluding hydrogens is 449 g/mol. The second kappa shape index (κ2) is 10.4. The maximum Gasteiger partial charge on any atom is 0.573 e. The molecule has 12 heteroatoms. The van der Waals surface area contributed by atoms with Gasteiger partial charge in [0.15, 0.2) is 5.13 Å². The van der Waals surface area contributed by atoms with Crippen LogP contribution in [0.15, 0.2) is 48.5 Å². The number of anilines is 1. The van der Waals surface area contributed by atoms with Crippen molar-refractivity contribution < 1.29 is 32.2 Å². The van der Waals surface area contributed by atoms with Gasteiger partial charge >= 0.3 is 6.36 Å². The SMILES string of the molecule is N[C@@H](COCc1ccccc1)C(=O)NCC(=O)Nc1nc2ccc(OC(F)(F)F)cc2s1. The van der Waals surface area contributed by atoms with Crippen molar-refractivity contribution in [3.8, 4) is 5.75 Å². The van der Waals surface area contributed by atoms with E-state index in [0.717, 1.165) is 23.0 Å². The van der Waals surface area contributed by atoms with Crippen LogP contribution in [0.5, 0.6) is 5.75 Å². The van der Waals surface area contributed by atoms with Crippen LogP contribution >= 0.6 is 11.3 Å². The van der Waals surface area contributed by atoms with Crippen LogP contribution in [0.4, 0.5) is 18.3 Å². The lowest BCUT2D eigenvalue weighted by Crippen LogP contribution is -2.46. The molecule has 32 heavy (non-hydrogen) atoms. The molecule has 170 valence electrons. The predicted molar refractivity (Wildman–Crippen MR) is 112 cm³/mol. The third-order valence-corrected chi connectivity index (χ3v) is 4.94. The van der Waals surface area contributed by atoms with Crippen molar-refractivity contribution in [2.24, 2.45) is 5.73 Å².